The molecular weight excluding hydrogens is 358 g/mol. The highest BCUT2D eigenvalue weighted by molar-refractivity contribution is 9.10. The number of nitrogens with one attached hydrogen (secondary N) is 3. The van der Waals surface area contributed by atoms with Gasteiger partial charge < -0.3 is 15.6 Å². The molecule has 0 atom stereocenters. The van der Waals surface area contributed by atoms with Gasteiger partial charge in [-0.3, -0.25) is 9.59 Å². The summed E-state index contributed by atoms with van der Waals surface area (Å²) in [7, 11) is 0. The van der Waals surface area contributed by atoms with Gasteiger partial charge in [0.1, 0.15) is 5.69 Å². The Morgan fingerprint density at radius 1 is 1.26 bits per heavy atom. The van der Waals surface area contributed by atoms with Gasteiger partial charge in [-0.25, -0.2) is 0 Å². The molecule has 23 heavy (non-hydrogen) atoms. The maximum Gasteiger partial charge on any atom is 0.271 e. The lowest BCUT2D eigenvalue weighted by atomic mass is 10.1. The lowest BCUT2D eigenvalue weighted by Gasteiger charge is -2.10. The van der Waals surface area contributed by atoms with E-state index in [1.807, 2.05) is 24.4 Å². The van der Waals surface area contributed by atoms with Crippen molar-refractivity contribution in [1.29, 1.82) is 0 Å². The fourth-order valence-corrected chi connectivity index (χ4v) is 2.63. The largest absolute Gasteiger partial charge is 0.387 e. The normalized spacial score (nSPS) is 13.2. The average Bonchev–Trinajstić information content (AvgIpc) is 2.57. The van der Waals surface area contributed by atoms with Crippen molar-refractivity contribution in [3.05, 3.63) is 80.8 Å². The quantitative estimate of drug-likeness (QED) is 0.776. The van der Waals surface area contributed by atoms with Crippen LogP contribution in [-0.2, 0) is 0 Å². The second-order valence-corrected chi connectivity index (χ2v) is 5.91. The predicted octanol–water partition coefficient (Wildman–Crippen LogP) is 2.89. The third-order valence-corrected chi connectivity index (χ3v) is 3.89. The van der Waals surface area contributed by atoms with Crippen molar-refractivity contribution in [1.82, 2.24) is 10.3 Å². The van der Waals surface area contributed by atoms with Crippen molar-refractivity contribution < 1.29 is 4.79 Å². The summed E-state index contributed by atoms with van der Waals surface area (Å²) in [6.45, 7) is 0.727. The van der Waals surface area contributed by atoms with Crippen molar-refractivity contribution in [3.63, 3.8) is 0 Å². The molecule has 1 aromatic carbocycles. The number of carbonyl (C=O) groups is 1. The van der Waals surface area contributed by atoms with Gasteiger partial charge >= 0.3 is 0 Å². The molecule has 0 unspecified atom stereocenters. The maximum absolute atomic E-state index is 12.3. The summed E-state index contributed by atoms with van der Waals surface area (Å²) >= 11 is 3.33. The number of halogens is 1. The molecule has 1 amide bonds. The number of hydrogen-bond acceptors (Lipinski definition) is 3. The molecule has 6 heteroatoms. The summed E-state index contributed by atoms with van der Waals surface area (Å²) in [5.74, 6) is -0.330. The Hall–Kier alpha value is -2.60. The number of aromatic amines is 1. The Balaban J connectivity index is 1.88. The van der Waals surface area contributed by atoms with Crippen LogP contribution < -0.4 is 16.2 Å². The van der Waals surface area contributed by atoms with Crippen molar-refractivity contribution in [2.75, 3.05) is 11.9 Å². The second-order valence-electron chi connectivity index (χ2n) is 5.00. The van der Waals surface area contributed by atoms with E-state index in [1.165, 1.54) is 0 Å². The summed E-state index contributed by atoms with van der Waals surface area (Å²) in [5.41, 5.74) is 2.19. The zero-order valence-corrected chi connectivity index (χ0v) is 13.7. The van der Waals surface area contributed by atoms with Crippen LogP contribution in [0.3, 0.4) is 0 Å². The second kappa shape index (κ2) is 6.66. The zero-order chi connectivity index (χ0) is 16.2. The predicted molar refractivity (Wildman–Crippen MR) is 94.3 cm³/mol. The highest BCUT2D eigenvalue weighted by atomic mass is 79.9. The first-order valence-electron chi connectivity index (χ1n) is 7.03. The number of carbonyl (C=O) groups excluding carboxylic acids is 1. The van der Waals surface area contributed by atoms with Crippen molar-refractivity contribution in [3.8, 4) is 0 Å². The van der Waals surface area contributed by atoms with Crippen LogP contribution in [0, 0.1) is 0 Å². The molecule has 2 heterocycles. The van der Waals surface area contributed by atoms with Crippen LogP contribution in [0.1, 0.15) is 15.9 Å². The fourth-order valence-electron chi connectivity index (χ4n) is 2.24. The lowest BCUT2D eigenvalue weighted by molar-refractivity contribution is 0.102. The van der Waals surface area contributed by atoms with Crippen LogP contribution in [0.5, 0.6) is 0 Å². The van der Waals surface area contributed by atoms with E-state index in [0.29, 0.717) is 5.56 Å². The first kappa shape index (κ1) is 15.3. The van der Waals surface area contributed by atoms with Crippen LogP contribution in [0.25, 0.3) is 5.57 Å². The maximum atomic E-state index is 12.3. The SMILES string of the molecule is O=C(Nc1cc(C2=CCNC=C2)c[nH]c1=O)c1cccc(Br)c1. The Morgan fingerprint density at radius 3 is 2.87 bits per heavy atom. The van der Waals surface area contributed by atoms with E-state index in [1.54, 1.807) is 30.5 Å². The monoisotopic (exact) mass is 371 g/mol. The van der Waals surface area contributed by atoms with E-state index < -0.39 is 0 Å². The Morgan fingerprint density at radius 2 is 2.13 bits per heavy atom. The highest BCUT2D eigenvalue weighted by Crippen LogP contribution is 2.18. The summed E-state index contributed by atoms with van der Waals surface area (Å²) < 4.78 is 0.804. The minimum atomic E-state index is -0.337. The number of hydrogen-bond donors (Lipinski definition) is 3. The van der Waals surface area contributed by atoms with Crippen molar-refractivity contribution in [2.24, 2.45) is 0 Å². The van der Waals surface area contributed by atoms with Gasteiger partial charge in [0.2, 0.25) is 0 Å². The third-order valence-electron chi connectivity index (χ3n) is 3.39. The highest BCUT2D eigenvalue weighted by Gasteiger charge is 2.11. The first-order chi connectivity index (χ1) is 11.1. The molecular formula is C17H14BrN3O2. The van der Waals surface area contributed by atoms with E-state index in [9.17, 15) is 9.59 Å². The van der Waals surface area contributed by atoms with Crippen LogP contribution in [0.4, 0.5) is 5.69 Å². The van der Waals surface area contributed by atoms with Crippen LogP contribution >= 0.6 is 15.9 Å². The summed E-state index contributed by atoms with van der Waals surface area (Å²) in [6, 6.07) is 8.67. The molecule has 0 spiro atoms. The Bertz CT molecular complexity index is 868. The number of rotatable bonds is 3. The lowest BCUT2D eigenvalue weighted by Crippen LogP contribution is -2.20. The minimum absolute atomic E-state index is 0.223. The van der Waals surface area contributed by atoms with Crippen LogP contribution in [0.15, 0.2) is 64.1 Å². The van der Waals surface area contributed by atoms with E-state index in [-0.39, 0.29) is 17.2 Å². The van der Waals surface area contributed by atoms with Gasteiger partial charge in [0.15, 0.2) is 0 Å². The van der Waals surface area contributed by atoms with Crippen molar-refractivity contribution >= 4 is 33.1 Å². The molecule has 3 N–H and O–H groups in total. The number of amides is 1. The molecule has 3 rings (SSSR count). The fraction of sp³-hybridized carbons (Fsp3) is 0.0588. The standard InChI is InChI=1S/C17H14BrN3O2/c18-14-3-1-2-12(8-14)16(22)21-15-9-13(10-20-17(15)23)11-4-6-19-7-5-11/h1-6,8-10,19H,7H2,(H,20,23)(H,21,22). The molecule has 0 fully saturated rings. The topological polar surface area (TPSA) is 74.0 Å². The Kier molecular flexibility index (Phi) is 4.43. The molecule has 0 bridgehead atoms. The number of benzene rings is 1. The number of anilines is 1. The number of H-pyrrole nitrogens is 1. The zero-order valence-electron chi connectivity index (χ0n) is 12.1. The molecule has 0 saturated carbocycles. The molecule has 1 aliphatic rings. The number of aromatic nitrogens is 1. The summed E-state index contributed by atoms with van der Waals surface area (Å²) in [5, 5.41) is 5.73. The minimum Gasteiger partial charge on any atom is -0.387 e. The van der Waals surface area contributed by atoms with E-state index >= 15 is 0 Å². The third kappa shape index (κ3) is 3.60. The van der Waals surface area contributed by atoms with Gasteiger partial charge in [-0.15, -0.1) is 0 Å². The molecule has 5 nitrogen and oxygen atoms in total. The van der Waals surface area contributed by atoms with Gasteiger partial charge in [-0.2, -0.15) is 0 Å². The average molecular weight is 372 g/mol. The summed E-state index contributed by atoms with van der Waals surface area (Å²) in [4.78, 5) is 26.9. The first-order valence-corrected chi connectivity index (χ1v) is 7.83. The molecule has 0 saturated heterocycles. The van der Waals surface area contributed by atoms with E-state index in [0.717, 1.165) is 22.2 Å². The van der Waals surface area contributed by atoms with Gasteiger partial charge in [0.05, 0.1) is 0 Å². The number of pyridine rings is 1. The van der Waals surface area contributed by atoms with E-state index in [2.05, 4.69) is 31.5 Å². The molecule has 1 aromatic heterocycles. The smallest absolute Gasteiger partial charge is 0.271 e. The van der Waals surface area contributed by atoms with Gasteiger partial charge in [-0.1, -0.05) is 28.1 Å². The van der Waals surface area contributed by atoms with Crippen molar-refractivity contribution in [2.45, 2.75) is 0 Å². The molecule has 2 aromatic rings. The molecule has 0 radical (unpaired) electrons. The molecule has 1 aliphatic heterocycles. The number of allylic oxidation sites excluding steroid dienone is 2. The van der Waals surface area contributed by atoms with Crippen LogP contribution in [-0.4, -0.2) is 17.4 Å². The molecule has 0 aliphatic carbocycles. The number of dihydropyridines is 1. The molecule has 116 valence electrons. The van der Waals surface area contributed by atoms with Crippen LogP contribution in [0.2, 0.25) is 0 Å². The summed E-state index contributed by atoms with van der Waals surface area (Å²) in [6.07, 6.45) is 7.41. The van der Waals surface area contributed by atoms with Gasteiger partial charge in [0.25, 0.3) is 11.5 Å². The van der Waals surface area contributed by atoms with Gasteiger partial charge in [0, 0.05) is 22.8 Å². The Labute approximate surface area is 141 Å². The van der Waals surface area contributed by atoms with Gasteiger partial charge in [-0.05, 0) is 47.7 Å². The van der Waals surface area contributed by atoms with E-state index in [4.69, 9.17) is 0 Å².